The molecule has 0 fully saturated rings. The van der Waals surface area contributed by atoms with Crippen LogP contribution in [0.1, 0.15) is 10.4 Å². The first kappa shape index (κ1) is 19.3. The summed E-state index contributed by atoms with van der Waals surface area (Å²) >= 11 is 1.36. The van der Waals surface area contributed by atoms with Gasteiger partial charge >= 0.3 is 0 Å². The van der Waals surface area contributed by atoms with E-state index in [1.807, 2.05) is 78.9 Å². The number of ether oxygens (including phenoxy) is 1. The number of nitrogens with zero attached hydrogens (tertiary/aromatic N) is 4. The predicted molar refractivity (Wildman–Crippen MR) is 122 cm³/mol. The van der Waals surface area contributed by atoms with Crippen LogP contribution in [-0.4, -0.2) is 38.2 Å². The van der Waals surface area contributed by atoms with E-state index >= 15 is 0 Å². The second-order valence-electron chi connectivity index (χ2n) is 6.89. The molecule has 5 aromatic rings. The number of para-hydroxylation sites is 1. The van der Waals surface area contributed by atoms with Crippen LogP contribution in [0.15, 0.2) is 84.0 Å². The molecule has 0 aliphatic rings. The lowest BCUT2D eigenvalue weighted by atomic mass is 10.2. The standard InChI is InChI=1S/C24H18N4O2S/c1-30-18-13-11-17(12-14-18)22-26-23-19-9-5-6-10-20(19)25-24(28(23)27-22)31-15-21(29)16-7-3-2-4-8-16/h2-14H,15H2,1H3. The molecule has 0 N–H and O–H groups in total. The lowest BCUT2D eigenvalue weighted by Gasteiger charge is -2.06. The van der Waals surface area contributed by atoms with Crippen molar-refractivity contribution < 1.29 is 9.53 Å². The first-order chi connectivity index (χ1) is 15.2. The number of thioether (sulfide) groups is 1. The van der Waals surface area contributed by atoms with Crippen molar-refractivity contribution in [2.75, 3.05) is 12.9 Å². The van der Waals surface area contributed by atoms with Gasteiger partial charge < -0.3 is 4.74 Å². The molecule has 0 aliphatic heterocycles. The topological polar surface area (TPSA) is 69.4 Å². The second-order valence-corrected chi connectivity index (χ2v) is 7.83. The second kappa shape index (κ2) is 8.20. The summed E-state index contributed by atoms with van der Waals surface area (Å²) in [7, 11) is 1.64. The normalized spacial score (nSPS) is 11.1. The number of carbonyl (C=O) groups excluding carboxylic acids is 1. The molecular weight excluding hydrogens is 408 g/mol. The van der Waals surface area contributed by atoms with Crippen molar-refractivity contribution in [1.82, 2.24) is 19.6 Å². The van der Waals surface area contributed by atoms with E-state index in [2.05, 4.69) is 0 Å². The molecule has 0 spiro atoms. The molecule has 2 heterocycles. The molecule has 0 aliphatic carbocycles. The highest BCUT2D eigenvalue weighted by Crippen LogP contribution is 2.27. The Labute approximate surface area is 182 Å². The van der Waals surface area contributed by atoms with Crippen LogP contribution in [0.25, 0.3) is 27.9 Å². The number of Topliss-reactive ketones (excluding diaryl/α,β-unsaturated/α-hetero) is 1. The van der Waals surface area contributed by atoms with E-state index in [-0.39, 0.29) is 11.5 Å². The molecule has 0 bridgehead atoms. The van der Waals surface area contributed by atoms with Crippen molar-refractivity contribution in [3.8, 4) is 17.1 Å². The van der Waals surface area contributed by atoms with Gasteiger partial charge in [0.15, 0.2) is 22.4 Å². The van der Waals surface area contributed by atoms with E-state index in [1.165, 1.54) is 11.8 Å². The summed E-state index contributed by atoms with van der Waals surface area (Å²) in [6.45, 7) is 0. The van der Waals surface area contributed by atoms with Gasteiger partial charge in [-0.1, -0.05) is 54.2 Å². The summed E-state index contributed by atoms with van der Waals surface area (Å²) in [6, 6.07) is 24.7. The highest BCUT2D eigenvalue weighted by molar-refractivity contribution is 7.99. The predicted octanol–water partition coefficient (Wildman–Crippen LogP) is 4.93. The van der Waals surface area contributed by atoms with Gasteiger partial charge in [0.1, 0.15) is 5.75 Å². The molecule has 6 nitrogen and oxygen atoms in total. The minimum Gasteiger partial charge on any atom is -0.497 e. The zero-order chi connectivity index (χ0) is 21.2. The van der Waals surface area contributed by atoms with E-state index < -0.39 is 0 Å². The average Bonchev–Trinajstić information content (AvgIpc) is 3.29. The molecule has 5 rings (SSSR count). The molecule has 152 valence electrons. The molecule has 0 atom stereocenters. The Balaban J connectivity index is 1.56. The van der Waals surface area contributed by atoms with Crippen molar-refractivity contribution in [2.24, 2.45) is 0 Å². The van der Waals surface area contributed by atoms with Crippen LogP contribution in [0.4, 0.5) is 0 Å². The Hall–Kier alpha value is -3.71. The molecular formula is C24H18N4O2S. The number of rotatable bonds is 6. The summed E-state index contributed by atoms with van der Waals surface area (Å²) in [5, 5.41) is 6.25. The average molecular weight is 427 g/mol. The summed E-state index contributed by atoms with van der Waals surface area (Å²) < 4.78 is 6.97. The van der Waals surface area contributed by atoms with E-state index in [0.29, 0.717) is 22.2 Å². The van der Waals surface area contributed by atoms with Gasteiger partial charge in [-0.25, -0.2) is 9.97 Å². The number of carbonyl (C=O) groups is 1. The van der Waals surface area contributed by atoms with Gasteiger partial charge in [-0.3, -0.25) is 4.79 Å². The van der Waals surface area contributed by atoms with Gasteiger partial charge in [0.2, 0.25) is 0 Å². The Morgan fingerprint density at radius 3 is 2.45 bits per heavy atom. The van der Waals surface area contributed by atoms with Crippen molar-refractivity contribution in [3.05, 3.63) is 84.4 Å². The molecule has 0 saturated carbocycles. The first-order valence-electron chi connectivity index (χ1n) is 9.74. The first-order valence-corrected chi connectivity index (χ1v) is 10.7. The molecule has 0 radical (unpaired) electrons. The SMILES string of the molecule is COc1ccc(-c2nc3c4ccccc4nc(SCC(=O)c4ccccc4)n3n2)cc1. The molecule has 3 aromatic carbocycles. The van der Waals surface area contributed by atoms with Crippen LogP contribution < -0.4 is 4.74 Å². The Kier molecular flexibility index (Phi) is 5.09. The Morgan fingerprint density at radius 2 is 1.68 bits per heavy atom. The lowest BCUT2D eigenvalue weighted by Crippen LogP contribution is -2.05. The maximum atomic E-state index is 12.6. The smallest absolute Gasteiger partial charge is 0.192 e. The molecule has 7 heteroatoms. The Morgan fingerprint density at radius 1 is 0.935 bits per heavy atom. The zero-order valence-corrected chi connectivity index (χ0v) is 17.5. The number of methoxy groups -OCH3 is 1. The fourth-order valence-electron chi connectivity index (χ4n) is 3.32. The number of benzene rings is 3. The van der Waals surface area contributed by atoms with Crippen LogP contribution in [-0.2, 0) is 0 Å². The van der Waals surface area contributed by atoms with Gasteiger partial charge in [0.05, 0.1) is 18.4 Å². The zero-order valence-electron chi connectivity index (χ0n) is 16.7. The van der Waals surface area contributed by atoms with Crippen molar-refractivity contribution in [2.45, 2.75) is 5.16 Å². The third-order valence-electron chi connectivity index (χ3n) is 4.93. The number of hydrogen-bond acceptors (Lipinski definition) is 6. The van der Waals surface area contributed by atoms with Crippen LogP contribution in [0.2, 0.25) is 0 Å². The summed E-state index contributed by atoms with van der Waals surface area (Å²) in [5.41, 5.74) is 3.10. The summed E-state index contributed by atoms with van der Waals surface area (Å²) in [4.78, 5) is 22.1. The fraction of sp³-hybridized carbons (Fsp3) is 0.0833. The van der Waals surface area contributed by atoms with Crippen molar-refractivity contribution >= 4 is 34.1 Å². The molecule has 0 amide bonds. The van der Waals surface area contributed by atoms with Crippen LogP contribution in [0.5, 0.6) is 5.75 Å². The Bertz CT molecular complexity index is 1380. The van der Waals surface area contributed by atoms with Crippen molar-refractivity contribution in [3.63, 3.8) is 0 Å². The minimum atomic E-state index is 0.0456. The van der Waals surface area contributed by atoms with Gasteiger partial charge in [-0.2, -0.15) is 4.52 Å². The maximum absolute atomic E-state index is 12.6. The van der Waals surface area contributed by atoms with Crippen LogP contribution in [0.3, 0.4) is 0 Å². The van der Waals surface area contributed by atoms with Crippen LogP contribution in [0, 0.1) is 0 Å². The van der Waals surface area contributed by atoms with Crippen molar-refractivity contribution in [1.29, 1.82) is 0 Å². The number of ketones is 1. The third-order valence-corrected chi connectivity index (χ3v) is 5.85. The van der Waals surface area contributed by atoms with Gasteiger partial charge in [0.25, 0.3) is 0 Å². The van der Waals surface area contributed by atoms with E-state index in [4.69, 9.17) is 19.8 Å². The van der Waals surface area contributed by atoms with Crippen LogP contribution >= 0.6 is 11.8 Å². The highest BCUT2D eigenvalue weighted by Gasteiger charge is 2.16. The number of hydrogen-bond donors (Lipinski definition) is 0. The largest absolute Gasteiger partial charge is 0.497 e. The fourth-order valence-corrected chi connectivity index (χ4v) is 4.16. The molecule has 2 aromatic heterocycles. The van der Waals surface area contributed by atoms with Gasteiger partial charge in [0, 0.05) is 16.5 Å². The quantitative estimate of drug-likeness (QED) is 0.218. The number of aromatic nitrogens is 4. The molecule has 31 heavy (non-hydrogen) atoms. The highest BCUT2D eigenvalue weighted by atomic mass is 32.2. The van der Waals surface area contributed by atoms with Gasteiger partial charge in [-0.15, -0.1) is 5.10 Å². The van der Waals surface area contributed by atoms with E-state index in [1.54, 1.807) is 11.6 Å². The van der Waals surface area contributed by atoms with Gasteiger partial charge in [-0.05, 0) is 36.4 Å². The summed E-state index contributed by atoms with van der Waals surface area (Å²) in [5.74, 6) is 1.68. The maximum Gasteiger partial charge on any atom is 0.192 e. The summed E-state index contributed by atoms with van der Waals surface area (Å²) in [6.07, 6.45) is 0. The number of fused-ring (bicyclic) bond motifs is 3. The van der Waals surface area contributed by atoms with E-state index in [0.717, 1.165) is 22.2 Å². The minimum absolute atomic E-state index is 0.0456. The molecule has 0 unspecified atom stereocenters. The third kappa shape index (κ3) is 3.75. The molecule has 0 saturated heterocycles. The monoisotopic (exact) mass is 426 g/mol. The van der Waals surface area contributed by atoms with E-state index in [9.17, 15) is 4.79 Å². The lowest BCUT2D eigenvalue weighted by molar-refractivity contribution is 0.102.